The Bertz CT molecular complexity index is 254. The smallest absolute Gasteiger partial charge is 0.223 e. The van der Waals surface area contributed by atoms with Crippen LogP contribution >= 0.6 is 0 Å². The largest absolute Gasteiger partial charge is 0.396 e. The summed E-state index contributed by atoms with van der Waals surface area (Å²) in [4.78, 5) is 12.2. The Kier molecular flexibility index (Phi) is 5.40. The average Bonchev–Trinajstić information content (AvgIpc) is 2.28. The van der Waals surface area contributed by atoms with Gasteiger partial charge in [-0.3, -0.25) is 4.79 Å². The molecule has 2 unspecified atom stereocenters. The van der Waals surface area contributed by atoms with E-state index in [0.29, 0.717) is 18.9 Å². The van der Waals surface area contributed by atoms with Crippen molar-refractivity contribution in [3.8, 4) is 0 Å². The Hall–Kier alpha value is -0.610. The first-order chi connectivity index (χ1) is 8.00. The molecule has 1 rings (SSSR count). The van der Waals surface area contributed by atoms with E-state index in [9.17, 15) is 4.79 Å². The molecule has 1 amide bonds. The molecule has 17 heavy (non-hydrogen) atoms. The summed E-state index contributed by atoms with van der Waals surface area (Å²) in [6.07, 6.45) is 4.90. The zero-order chi connectivity index (χ0) is 12.9. The molecule has 0 spiro atoms. The summed E-state index contributed by atoms with van der Waals surface area (Å²) in [5.74, 6) is 0.499. The van der Waals surface area contributed by atoms with Crippen LogP contribution in [0.4, 0.5) is 0 Å². The van der Waals surface area contributed by atoms with Crippen LogP contribution in [0.3, 0.4) is 0 Å². The van der Waals surface area contributed by atoms with E-state index in [2.05, 4.69) is 5.32 Å². The highest BCUT2D eigenvalue weighted by molar-refractivity contribution is 5.79. The number of nitrogens with one attached hydrogen (secondary N) is 1. The predicted molar refractivity (Wildman–Crippen MR) is 68.4 cm³/mol. The van der Waals surface area contributed by atoms with Gasteiger partial charge in [-0.2, -0.15) is 0 Å². The molecule has 0 saturated heterocycles. The van der Waals surface area contributed by atoms with Crippen molar-refractivity contribution in [1.82, 2.24) is 5.32 Å². The minimum Gasteiger partial charge on any atom is -0.396 e. The maximum absolute atomic E-state index is 12.2. The van der Waals surface area contributed by atoms with Crippen molar-refractivity contribution in [2.24, 2.45) is 17.6 Å². The van der Waals surface area contributed by atoms with Gasteiger partial charge in [-0.25, -0.2) is 0 Å². The number of hydrogen-bond acceptors (Lipinski definition) is 3. The predicted octanol–water partition coefficient (Wildman–Crippen LogP) is 1.03. The maximum Gasteiger partial charge on any atom is 0.223 e. The number of aliphatic hydroxyl groups is 1. The van der Waals surface area contributed by atoms with Gasteiger partial charge in [0, 0.05) is 18.1 Å². The number of carbonyl (C=O) groups excluding carboxylic acids is 1. The molecule has 4 heteroatoms. The van der Waals surface area contributed by atoms with Crippen LogP contribution < -0.4 is 11.1 Å². The monoisotopic (exact) mass is 242 g/mol. The van der Waals surface area contributed by atoms with Gasteiger partial charge in [-0.1, -0.05) is 12.8 Å². The Balaban J connectivity index is 2.55. The lowest BCUT2D eigenvalue weighted by atomic mass is 9.78. The zero-order valence-corrected chi connectivity index (χ0v) is 11.0. The van der Waals surface area contributed by atoms with Gasteiger partial charge in [0.25, 0.3) is 0 Å². The number of amides is 1. The summed E-state index contributed by atoms with van der Waals surface area (Å²) < 4.78 is 0. The summed E-state index contributed by atoms with van der Waals surface area (Å²) in [7, 11) is 0. The molecular formula is C13H26N2O2. The minimum atomic E-state index is -0.331. The van der Waals surface area contributed by atoms with Crippen molar-refractivity contribution in [3.63, 3.8) is 0 Å². The summed E-state index contributed by atoms with van der Waals surface area (Å²) >= 11 is 0. The molecule has 1 fully saturated rings. The van der Waals surface area contributed by atoms with E-state index in [0.717, 1.165) is 19.3 Å². The molecule has 0 heterocycles. The van der Waals surface area contributed by atoms with E-state index >= 15 is 0 Å². The lowest BCUT2D eigenvalue weighted by Gasteiger charge is -2.33. The van der Waals surface area contributed by atoms with Gasteiger partial charge in [0.15, 0.2) is 0 Å². The fourth-order valence-corrected chi connectivity index (χ4v) is 2.60. The zero-order valence-electron chi connectivity index (χ0n) is 11.0. The van der Waals surface area contributed by atoms with Crippen molar-refractivity contribution in [1.29, 1.82) is 0 Å². The van der Waals surface area contributed by atoms with Gasteiger partial charge in [0.2, 0.25) is 5.91 Å². The molecule has 1 aliphatic rings. The van der Waals surface area contributed by atoms with Crippen LogP contribution in [-0.2, 0) is 4.79 Å². The third kappa shape index (κ3) is 4.28. The normalized spacial score (nSPS) is 25.6. The van der Waals surface area contributed by atoms with Crippen molar-refractivity contribution >= 4 is 5.91 Å². The van der Waals surface area contributed by atoms with Gasteiger partial charge in [-0.05, 0) is 45.6 Å². The quantitative estimate of drug-likeness (QED) is 0.674. The number of nitrogens with two attached hydrogens (primary N) is 1. The Labute approximate surface area is 104 Å². The highest BCUT2D eigenvalue weighted by Crippen LogP contribution is 2.30. The first kappa shape index (κ1) is 14.5. The molecular weight excluding hydrogens is 216 g/mol. The fraction of sp³-hybridized carbons (Fsp3) is 0.923. The van der Waals surface area contributed by atoms with Crippen molar-refractivity contribution in [2.45, 2.75) is 51.5 Å². The summed E-state index contributed by atoms with van der Waals surface area (Å²) in [6.45, 7) is 4.58. The third-order valence-electron chi connectivity index (χ3n) is 3.75. The van der Waals surface area contributed by atoms with Crippen LogP contribution in [0.25, 0.3) is 0 Å². The molecule has 4 N–H and O–H groups in total. The first-order valence-electron chi connectivity index (χ1n) is 6.63. The second-order valence-electron chi connectivity index (χ2n) is 5.73. The third-order valence-corrected chi connectivity index (χ3v) is 3.75. The summed E-state index contributed by atoms with van der Waals surface area (Å²) in [5.41, 5.74) is 5.40. The fourth-order valence-electron chi connectivity index (χ4n) is 2.60. The maximum atomic E-state index is 12.2. The lowest BCUT2D eigenvalue weighted by Crippen LogP contribution is -2.49. The van der Waals surface area contributed by atoms with Crippen molar-refractivity contribution in [3.05, 3.63) is 0 Å². The molecule has 1 aliphatic carbocycles. The summed E-state index contributed by atoms with van der Waals surface area (Å²) in [6, 6.07) is 0. The molecule has 0 aromatic carbocycles. The second kappa shape index (κ2) is 6.36. The van der Waals surface area contributed by atoms with Crippen LogP contribution in [-0.4, -0.2) is 29.7 Å². The molecule has 0 aromatic heterocycles. The Morgan fingerprint density at radius 2 is 2.06 bits per heavy atom. The van der Waals surface area contributed by atoms with Crippen LogP contribution in [0.1, 0.15) is 46.0 Å². The average molecular weight is 242 g/mol. The highest BCUT2D eigenvalue weighted by Gasteiger charge is 2.32. The molecule has 0 aromatic rings. The van der Waals surface area contributed by atoms with E-state index in [1.165, 1.54) is 6.42 Å². The van der Waals surface area contributed by atoms with Crippen LogP contribution in [0.15, 0.2) is 0 Å². The van der Waals surface area contributed by atoms with E-state index in [4.69, 9.17) is 10.8 Å². The van der Waals surface area contributed by atoms with Crippen LogP contribution in [0, 0.1) is 11.8 Å². The number of aliphatic hydroxyl groups excluding tert-OH is 1. The Morgan fingerprint density at radius 1 is 1.41 bits per heavy atom. The van der Waals surface area contributed by atoms with Crippen molar-refractivity contribution in [2.75, 3.05) is 13.2 Å². The second-order valence-corrected chi connectivity index (χ2v) is 5.73. The van der Waals surface area contributed by atoms with E-state index in [-0.39, 0.29) is 24.0 Å². The minimum absolute atomic E-state index is 0.0618. The molecule has 0 bridgehead atoms. The molecule has 0 aliphatic heterocycles. The van der Waals surface area contributed by atoms with Gasteiger partial charge >= 0.3 is 0 Å². The molecule has 100 valence electrons. The molecule has 1 saturated carbocycles. The molecule has 2 atom stereocenters. The van der Waals surface area contributed by atoms with Crippen LogP contribution in [0.2, 0.25) is 0 Å². The van der Waals surface area contributed by atoms with Crippen LogP contribution in [0.5, 0.6) is 0 Å². The SMILES string of the molecule is CC(C)(CCO)NC(=O)C1CCCCC1CN. The number of carbonyl (C=O) groups is 1. The van der Waals surface area contributed by atoms with Gasteiger partial charge in [0.05, 0.1) is 0 Å². The van der Waals surface area contributed by atoms with Gasteiger partial charge in [-0.15, -0.1) is 0 Å². The number of hydrogen-bond donors (Lipinski definition) is 3. The van der Waals surface area contributed by atoms with Gasteiger partial charge < -0.3 is 16.2 Å². The molecule has 0 radical (unpaired) electrons. The standard InChI is InChI=1S/C13H26N2O2/c1-13(2,7-8-16)15-12(17)11-6-4-3-5-10(11)9-14/h10-11,16H,3-9,14H2,1-2H3,(H,15,17). The van der Waals surface area contributed by atoms with E-state index in [1.807, 2.05) is 13.8 Å². The lowest BCUT2D eigenvalue weighted by molar-refractivity contribution is -0.129. The number of rotatable bonds is 5. The van der Waals surface area contributed by atoms with Gasteiger partial charge in [0.1, 0.15) is 0 Å². The van der Waals surface area contributed by atoms with E-state index in [1.54, 1.807) is 0 Å². The van der Waals surface area contributed by atoms with E-state index < -0.39 is 0 Å². The topological polar surface area (TPSA) is 75.3 Å². The van der Waals surface area contributed by atoms with Crippen molar-refractivity contribution < 1.29 is 9.90 Å². The Morgan fingerprint density at radius 3 is 2.65 bits per heavy atom. The first-order valence-corrected chi connectivity index (χ1v) is 6.63. The summed E-state index contributed by atoms with van der Waals surface area (Å²) in [5, 5.41) is 12.0. The molecule has 4 nitrogen and oxygen atoms in total. The highest BCUT2D eigenvalue weighted by atomic mass is 16.3.